The molecule has 2 heterocycles. The summed E-state index contributed by atoms with van der Waals surface area (Å²) in [6.45, 7) is 0.765. The lowest BCUT2D eigenvalue weighted by Crippen LogP contribution is -2.25. The highest BCUT2D eigenvalue weighted by Gasteiger charge is 2.17. The molecule has 17 heavy (non-hydrogen) atoms. The molecule has 5 heteroatoms. The number of hydrogen-bond acceptors (Lipinski definition) is 4. The average molecular weight is 235 g/mol. The maximum atomic E-state index is 11.7. The van der Waals surface area contributed by atoms with Crippen LogP contribution < -0.4 is 11.1 Å². The standard InChI is InChI=1S/C12H17N3O2/c13-11-5-4-9(8-14-11)15-12(16)7-10-3-1-2-6-17-10/h4-5,8,10H,1-3,6-7H2,(H2,13,14)(H,15,16). The van der Waals surface area contributed by atoms with Crippen molar-refractivity contribution in [2.24, 2.45) is 0 Å². The van der Waals surface area contributed by atoms with Gasteiger partial charge in [0.05, 0.1) is 24.4 Å². The number of carbonyl (C=O) groups excluding carboxylic acids is 1. The molecule has 0 bridgehead atoms. The summed E-state index contributed by atoms with van der Waals surface area (Å²) in [7, 11) is 0. The van der Waals surface area contributed by atoms with Crippen molar-refractivity contribution >= 4 is 17.4 Å². The van der Waals surface area contributed by atoms with Gasteiger partial charge in [0.2, 0.25) is 5.91 Å². The smallest absolute Gasteiger partial charge is 0.227 e. The van der Waals surface area contributed by atoms with E-state index in [1.807, 2.05) is 0 Å². The van der Waals surface area contributed by atoms with Crippen molar-refractivity contribution < 1.29 is 9.53 Å². The van der Waals surface area contributed by atoms with Crippen molar-refractivity contribution in [2.75, 3.05) is 17.7 Å². The number of nitrogens with one attached hydrogen (secondary N) is 1. The topological polar surface area (TPSA) is 77.2 Å². The van der Waals surface area contributed by atoms with Gasteiger partial charge in [-0.1, -0.05) is 0 Å². The summed E-state index contributed by atoms with van der Waals surface area (Å²) in [6, 6.07) is 3.40. The average Bonchev–Trinajstić information content (AvgIpc) is 2.33. The molecular weight excluding hydrogens is 218 g/mol. The van der Waals surface area contributed by atoms with Crippen LogP contribution in [0.5, 0.6) is 0 Å². The summed E-state index contributed by atoms with van der Waals surface area (Å²) in [5.74, 6) is 0.405. The molecule has 1 fully saturated rings. The molecule has 0 saturated carbocycles. The van der Waals surface area contributed by atoms with Crippen LogP contribution in [0.1, 0.15) is 25.7 Å². The van der Waals surface area contributed by atoms with Crippen molar-refractivity contribution in [3.05, 3.63) is 18.3 Å². The van der Waals surface area contributed by atoms with Crippen LogP contribution in [-0.4, -0.2) is 23.6 Å². The number of hydrogen-bond donors (Lipinski definition) is 2. The van der Waals surface area contributed by atoms with Gasteiger partial charge in [-0.15, -0.1) is 0 Å². The van der Waals surface area contributed by atoms with Crippen LogP contribution in [0.25, 0.3) is 0 Å². The number of aromatic nitrogens is 1. The maximum Gasteiger partial charge on any atom is 0.227 e. The lowest BCUT2D eigenvalue weighted by atomic mass is 10.1. The molecule has 1 aliphatic rings. The molecule has 0 spiro atoms. The van der Waals surface area contributed by atoms with Crippen LogP contribution in [0.3, 0.4) is 0 Å². The molecule has 1 unspecified atom stereocenters. The first kappa shape index (κ1) is 11.9. The van der Waals surface area contributed by atoms with Crippen LogP contribution in [0.4, 0.5) is 11.5 Å². The second kappa shape index (κ2) is 5.63. The molecule has 0 radical (unpaired) electrons. The molecule has 5 nitrogen and oxygen atoms in total. The van der Waals surface area contributed by atoms with E-state index in [9.17, 15) is 4.79 Å². The van der Waals surface area contributed by atoms with Gasteiger partial charge in [-0.05, 0) is 31.4 Å². The van der Waals surface area contributed by atoms with Crippen LogP contribution >= 0.6 is 0 Å². The van der Waals surface area contributed by atoms with E-state index in [1.165, 1.54) is 0 Å². The summed E-state index contributed by atoms with van der Waals surface area (Å²) in [5.41, 5.74) is 6.13. The molecule has 0 aromatic carbocycles. The largest absolute Gasteiger partial charge is 0.384 e. The van der Waals surface area contributed by atoms with Gasteiger partial charge in [-0.25, -0.2) is 4.98 Å². The summed E-state index contributed by atoms with van der Waals surface area (Å²) in [4.78, 5) is 15.6. The Morgan fingerprint density at radius 3 is 3.06 bits per heavy atom. The summed E-state index contributed by atoms with van der Waals surface area (Å²) < 4.78 is 5.51. The molecule has 1 aromatic rings. The first-order valence-electron chi connectivity index (χ1n) is 5.87. The normalized spacial score (nSPS) is 19.9. The Balaban J connectivity index is 1.82. The molecule has 2 rings (SSSR count). The van der Waals surface area contributed by atoms with Crippen molar-refractivity contribution in [2.45, 2.75) is 31.8 Å². The highest BCUT2D eigenvalue weighted by Crippen LogP contribution is 2.16. The molecule has 3 N–H and O–H groups in total. The fourth-order valence-electron chi connectivity index (χ4n) is 1.87. The minimum absolute atomic E-state index is 0.0385. The van der Waals surface area contributed by atoms with Gasteiger partial charge in [0.15, 0.2) is 0 Å². The van der Waals surface area contributed by atoms with Gasteiger partial charge in [0.1, 0.15) is 5.82 Å². The van der Waals surface area contributed by atoms with Gasteiger partial charge < -0.3 is 15.8 Å². The van der Waals surface area contributed by atoms with E-state index in [0.717, 1.165) is 25.9 Å². The Bertz CT molecular complexity index is 372. The zero-order chi connectivity index (χ0) is 12.1. The fraction of sp³-hybridized carbons (Fsp3) is 0.500. The van der Waals surface area contributed by atoms with Crippen LogP contribution in [-0.2, 0) is 9.53 Å². The lowest BCUT2D eigenvalue weighted by molar-refractivity contribution is -0.119. The number of nitrogen functional groups attached to an aromatic ring is 1. The van der Waals surface area contributed by atoms with Crippen LogP contribution in [0, 0.1) is 0 Å². The minimum Gasteiger partial charge on any atom is -0.384 e. The summed E-state index contributed by atoms with van der Waals surface area (Å²) >= 11 is 0. The number of carbonyl (C=O) groups is 1. The maximum absolute atomic E-state index is 11.7. The summed E-state index contributed by atoms with van der Waals surface area (Å²) in [5, 5.41) is 2.78. The number of anilines is 2. The van der Waals surface area contributed by atoms with Crippen LogP contribution in [0.15, 0.2) is 18.3 Å². The monoisotopic (exact) mass is 235 g/mol. The molecule has 1 aliphatic heterocycles. The Morgan fingerprint density at radius 2 is 2.41 bits per heavy atom. The highest BCUT2D eigenvalue weighted by molar-refractivity contribution is 5.90. The Kier molecular flexibility index (Phi) is 3.93. The molecule has 1 saturated heterocycles. The first-order valence-corrected chi connectivity index (χ1v) is 5.87. The summed E-state index contributed by atoms with van der Waals surface area (Å²) in [6.07, 6.45) is 5.22. The third kappa shape index (κ3) is 3.71. The molecular formula is C12H17N3O2. The van der Waals surface area contributed by atoms with E-state index in [2.05, 4.69) is 10.3 Å². The molecule has 1 atom stereocenters. The van der Waals surface area contributed by atoms with E-state index >= 15 is 0 Å². The van der Waals surface area contributed by atoms with E-state index in [0.29, 0.717) is 17.9 Å². The minimum atomic E-state index is -0.0385. The quantitative estimate of drug-likeness (QED) is 0.833. The van der Waals surface area contributed by atoms with Gasteiger partial charge in [0.25, 0.3) is 0 Å². The SMILES string of the molecule is Nc1ccc(NC(=O)CC2CCCCO2)cn1. The van der Waals surface area contributed by atoms with Crippen molar-refractivity contribution in [3.8, 4) is 0 Å². The van der Waals surface area contributed by atoms with E-state index in [1.54, 1.807) is 18.3 Å². The molecule has 1 amide bonds. The number of rotatable bonds is 3. The molecule has 1 aromatic heterocycles. The van der Waals surface area contributed by atoms with Crippen LogP contribution in [0.2, 0.25) is 0 Å². The Morgan fingerprint density at radius 1 is 1.53 bits per heavy atom. The van der Waals surface area contributed by atoms with Gasteiger partial charge in [0, 0.05) is 6.61 Å². The lowest BCUT2D eigenvalue weighted by Gasteiger charge is -2.21. The highest BCUT2D eigenvalue weighted by atomic mass is 16.5. The van der Waals surface area contributed by atoms with E-state index in [4.69, 9.17) is 10.5 Å². The molecule has 92 valence electrons. The van der Waals surface area contributed by atoms with Crippen molar-refractivity contribution in [1.29, 1.82) is 0 Å². The van der Waals surface area contributed by atoms with Gasteiger partial charge in [-0.2, -0.15) is 0 Å². The second-order valence-corrected chi connectivity index (χ2v) is 4.21. The first-order chi connectivity index (χ1) is 8.24. The number of amides is 1. The second-order valence-electron chi connectivity index (χ2n) is 4.21. The third-order valence-corrected chi connectivity index (χ3v) is 2.76. The number of pyridine rings is 1. The van der Waals surface area contributed by atoms with Gasteiger partial charge >= 0.3 is 0 Å². The van der Waals surface area contributed by atoms with E-state index in [-0.39, 0.29) is 12.0 Å². The third-order valence-electron chi connectivity index (χ3n) is 2.76. The number of nitrogens with zero attached hydrogens (tertiary/aromatic N) is 1. The fourth-order valence-corrected chi connectivity index (χ4v) is 1.87. The zero-order valence-electron chi connectivity index (χ0n) is 9.69. The van der Waals surface area contributed by atoms with E-state index < -0.39 is 0 Å². The zero-order valence-corrected chi connectivity index (χ0v) is 9.69. The number of ether oxygens (including phenoxy) is 1. The van der Waals surface area contributed by atoms with Crippen molar-refractivity contribution in [1.82, 2.24) is 4.98 Å². The predicted octanol–water partition coefficient (Wildman–Crippen LogP) is 1.56. The molecule has 0 aliphatic carbocycles. The van der Waals surface area contributed by atoms with Gasteiger partial charge in [-0.3, -0.25) is 4.79 Å². The number of nitrogens with two attached hydrogens (primary N) is 1. The Labute approximate surface area is 100 Å². The predicted molar refractivity (Wildman–Crippen MR) is 65.5 cm³/mol. The Hall–Kier alpha value is -1.62. The van der Waals surface area contributed by atoms with Crippen molar-refractivity contribution in [3.63, 3.8) is 0 Å².